The number of aliphatic hydroxyl groups excluding tert-OH is 1. The van der Waals surface area contributed by atoms with Gasteiger partial charge in [-0.2, -0.15) is 0 Å². The number of hydrogen-bond donors (Lipinski definition) is 1. The first-order valence-electron chi connectivity index (χ1n) is 9.55. The van der Waals surface area contributed by atoms with Crippen LogP contribution in [0.25, 0.3) is 5.57 Å². The van der Waals surface area contributed by atoms with Gasteiger partial charge in [-0.1, -0.05) is 90.5 Å². The van der Waals surface area contributed by atoms with Crippen LogP contribution in [-0.4, -0.2) is 22.5 Å². The van der Waals surface area contributed by atoms with Gasteiger partial charge in [-0.25, -0.2) is 0 Å². The molecule has 0 radical (unpaired) electrons. The lowest BCUT2D eigenvalue weighted by molar-refractivity contribution is -0.129. The molecule has 3 aromatic carbocycles. The molecule has 0 saturated carbocycles. The van der Waals surface area contributed by atoms with Gasteiger partial charge in [0.2, 0.25) is 0 Å². The molecule has 3 nitrogen and oxygen atoms in total. The van der Waals surface area contributed by atoms with Crippen LogP contribution in [0.5, 0.6) is 0 Å². The van der Waals surface area contributed by atoms with Crippen LogP contribution in [0.4, 0.5) is 0 Å². The smallest absolute Gasteiger partial charge is 0.289 e. The summed E-state index contributed by atoms with van der Waals surface area (Å²) >= 11 is 0. The molecular weight excluding hydrogens is 346 g/mol. The standard InChI is InChI=1S/C25H23NO2/c1-18-12-14-20(15-13-18)22-23(21-10-6-3-7-11-21)26(25(28)24(22)27)17-16-19-8-4-2-5-9-19/h2-15,23,27H,16-17H2,1H3/t23-/m1/s1. The maximum Gasteiger partial charge on any atom is 0.289 e. The summed E-state index contributed by atoms with van der Waals surface area (Å²) in [6.07, 6.45) is 0.740. The number of rotatable bonds is 5. The van der Waals surface area contributed by atoms with E-state index in [1.807, 2.05) is 79.7 Å². The van der Waals surface area contributed by atoms with Gasteiger partial charge in [-0.15, -0.1) is 0 Å². The van der Waals surface area contributed by atoms with Crippen molar-refractivity contribution in [3.05, 3.63) is 113 Å². The molecule has 140 valence electrons. The molecule has 1 amide bonds. The Kier molecular flexibility index (Phi) is 4.98. The van der Waals surface area contributed by atoms with E-state index in [1.165, 1.54) is 5.56 Å². The van der Waals surface area contributed by atoms with Crippen LogP contribution in [-0.2, 0) is 11.2 Å². The van der Waals surface area contributed by atoms with E-state index >= 15 is 0 Å². The first-order chi connectivity index (χ1) is 13.6. The van der Waals surface area contributed by atoms with Crippen LogP contribution >= 0.6 is 0 Å². The van der Waals surface area contributed by atoms with Crippen LogP contribution in [0.3, 0.4) is 0 Å². The number of hydrogen-bond acceptors (Lipinski definition) is 2. The Morgan fingerprint density at radius 1 is 0.857 bits per heavy atom. The van der Waals surface area contributed by atoms with Gasteiger partial charge in [0.15, 0.2) is 5.76 Å². The Morgan fingerprint density at radius 3 is 2.11 bits per heavy atom. The van der Waals surface area contributed by atoms with E-state index in [2.05, 4.69) is 12.1 Å². The first-order valence-corrected chi connectivity index (χ1v) is 9.55. The SMILES string of the molecule is Cc1ccc(C2=C(O)C(=O)N(CCc3ccccc3)[C@@H]2c2ccccc2)cc1. The van der Waals surface area contributed by atoms with Crippen LogP contribution in [0.1, 0.15) is 28.3 Å². The Labute approximate surface area is 165 Å². The third-order valence-corrected chi connectivity index (χ3v) is 5.27. The van der Waals surface area contributed by atoms with Crippen molar-refractivity contribution in [2.24, 2.45) is 0 Å². The molecule has 1 aliphatic heterocycles. The molecule has 0 aromatic heterocycles. The fourth-order valence-corrected chi connectivity index (χ4v) is 3.79. The Hall–Kier alpha value is -3.33. The Morgan fingerprint density at radius 2 is 1.46 bits per heavy atom. The highest BCUT2D eigenvalue weighted by Gasteiger charge is 2.40. The molecule has 3 heteroatoms. The molecule has 4 rings (SSSR count). The highest BCUT2D eigenvalue weighted by Crippen LogP contribution is 2.42. The zero-order valence-corrected chi connectivity index (χ0v) is 15.9. The molecular formula is C25H23NO2. The lowest BCUT2D eigenvalue weighted by Gasteiger charge is -2.27. The fraction of sp³-hybridized carbons (Fsp3) is 0.160. The summed E-state index contributed by atoms with van der Waals surface area (Å²) < 4.78 is 0. The van der Waals surface area contributed by atoms with E-state index < -0.39 is 0 Å². The molecule has 1 aliphatic rings. The summed E-state index contributed by atoms with van der Waals surface area (Å²) in [6, 6.07) is 27.7. The summed E-state index contributed by atoms with van der Waals surface area (Å²) in [5.74, 6) is -0.453. The summed E-state index contributed by atoms with van der Waals surface area (Å²) in [5.41, 5.74) is 4.89. The second-order valence-electron chi connectivity index (χ2n) is 7.18. The van der Waals surface area contributed by atoms with Crippen LogP contribution in [0, 0.1) is 6.92 Å². The lowest BCUT2D eigenvalue weighted by atomic mass is 9.93. The van der Waals surface area contributed by atoms with E-state index in [-0.39, 0.29) is 17.7 Å². The first kappa shape index (κ1) is 18.1. The van der Waals surface area contributed by atoms with Gasteiger partial charge < -0.3 is 10.0 Å². The zero-order chi connectivity index (χ0) is 19.5. The van der Waals surface area contributed by atoms with Gasteiger partial charge in [-0.3, -0.25) is 4.79 Å². The van der Waals surface area contributed by atoms with Crippen LogP contribution in [0.15, 0.2) is 90.7 Å². The number of aryl methyl sites for hydroxylation is 1. The van der Waals surface area contributed by atoms with E-state index in [0.717, 1.165) is 23.1 Å². The van der Waals surface area contributed by atoms with E-state index in [9.17, 15) is 9.90 Å². The van der Waals surface area contributed by atoms with Gasteiger partial charge >= 0.3 is 0 Å². The normalized spacial score (nSPS) is 16.7. The van der Waals surface area contributed by atoms with E-state index in [4.69, 9.17) is 0 Å². The van der Waals surface area contributed by atoms with Crippen LogP contribution in [0.2, 0.25) is 0 Å². The van der Waals surface area contributed by atoms with E-state index in [1.54, 1.807) is 4.90 Å². The van der Waals surface area contributed by atoms with Crippen molar-refractivity contribution in [1.29, 1.82) is 0 Å². The predicted octanol–water partition coefficient (Wildman–Crippen LogP) is 5.09. The predicted molar refractivity (Wildman–Crippen MR) is 112 cm³/mol. The summed E-state index contributed by atoms with van der Waals surface area (Å²) in [6.45, 7) is 2.57. The second kappa shape index (κ2) is 7.73. The lowest BCUT2D eigenvalue weighted by Crippen LogP contribution is -2.32. The Balaban J connectivity index is 1.72. The number of aliphatic hydroxyl groups is 1. The molecule has 1 atom stereocenters. The van der Waals surface area contributed by atoms with Gasteiger partial charge in [0, 0.05) is 12.1 Å². The van der Waals surface area contributed by atoms with Gasteiger partial charge in [0.25, 0.3) is 5.91 Å². The molecule has 0 bridgehead atoms. The van der Waals surface area contributed by atoms with Gasteiger partial charge in [-0.05, 0) is 30.0 Å². The maximum absolute atomic E-state index is 13.0. The molecule has 1 N–H and O–H groups in total. The summed E-state index contributed by atoms with van der Waals surface area (Å²) in [5, 5.41) is 10.8. The van der Waals surface area contributed by atoms with Crippen molar-refractivity contribution in [3.63, 3.8) is 0 Å². The zero-order valence-electron chi connectivity index (χ0n) is 15.9. The third kappa shape index (κ3) is 3.44. The number of carbonyl (C=O) groups is 1. The molecule has 1 heterocycles. The quantitative estimate of drug-likeness (QED) is 0.680. The average Bonchev–Trinajstić information content (AvgIpc) is 2.99. The molecule has 3 aromatic rings. The van der Waals surface area contributed by atoms with Crippen LogP contribution < -0.4 is 0 Å². The number of nitrogens with zero attached hydrogens (tertiary/aromatic N) is 1. The largest absolute Gasteiger partial charge is 0.503 e. The van der Waals surface area contributed by atoms with Crippen molar-refractivity contribution >= 4 is 11.5 Å². The minimum absolute atomic E-state index is 0.147. The van der Waals surface area contributed by atoms with E-state index in [0.29, 0.717) is 12.1 Å². The monoisotopic (exact) mass is 369 g/mol. The summed E-state index contributed by atoms with van der Waals surface area (Å²) in [4.78, 5) is 14.8. The second-order valence-corrected chi connectivity index (χ2v) is 7.18. The number of carbonyl (C=O) groups excluding carboxylic acids is 1. The summed E-state index contributed by atoms with van der Waals surface area (Å²) in [7, 11) is 0. The fourth-order valence-electron chi connectivity index (χ4n) is 3.79. The minimum atomic E-state index is -0.305. The van der Waals surface area contributed by atoms with Crippen molar-refractivity contribution in [3.8, 4) is 0 Å². The number of benzene rings is 3. The molecule has 0 unspecified atom stereocenters. The highest BCUT2D eigenvalue weighted by atomic mass is 16.3. The highest BCUT2D eigenvalue weighted by molar-refractivity contribution is 6.05. The van der Waals surface area contributed by atoms with Gasteiger partial charge in [0.1, 0.15) is 0 Å². The average molecular weight is 369 g/mol. The third-order valence-electron chi connectivity index (χ3n) is 5.27. The van der Waals surface area contributed by atoms with Crippen molar-refractivity contribution < 1.29 is 9.90 Å². The van der Waals surface area contributed by atoms with Gasteiger partial charge in [0.05, 0.1) is 6.04 Å². The van der Waals surface area contributed by atoms with Crippen molar-refractivity contribution in [2.75, 3.05) is 6.54 Å². The van der Waals surface area contributed by atoms with Crippen molar-refractivity contribution in [2.45, 2.75) is 19.4 Å². The maximum atomic E-state index is 13.0. The topological polar surface area (TPSA) is 40.5 Å². The minimum Gasteiger partial charge on any atom is -0.503 e. The molecule has 0 fully saturated rings. The Bertz CT molecular complexity index is 992. The molecule has 28 heavy (non-hydrogen) atoms. The van der Waals surface area contributed by atoms with Crippen molar-refractivity contribution in [1.82, 2.24) is 4.90 Å². The molecule has 0 saturated heterocycles. The number of amides is 1. The molecule has 0 aliphatic carbocycles. The molecule has 0 spiro atoms.